The normalized spacial score (nSPS) is 12.8. The lowest BCUT2D eigenvalue weighted by Gasteiger charge is -2.15. The molecule has 13 heavy (non-hydrogen) atoms. The van der Waals surface area contributed by atoms with E-state index < -0.39 is 0 Å². The average molecular weight is 179 g/mol. The van der Waals surface area contributed by atoms with Gasteiger partial charge in [0.15, 0.2) is 0 Å². The van der Waals surface area contributed by atoms with Crippen molar-refractivity contribution in [2.75, 3.05) is 13.2 Å². The Morgan fingerprint density at radius 2 is 2.00 bits per heavy atom. The van der Waals surface area contributed by atoms with Crippen LogP contribution in [0, 0.1) is 0 Å². The molecule has 0 aromatic heterocycles. The maximum atomic E-state index is 9.14. The molecule has 0 amide bonds. The fraction of sp³-hybridized carbons (Fsp3) is 0.455. The summed E-state index contributed by atoms with van der Waals surface area (Å²) in [4.78, 5) is 0. The zero-order chi connectivity index (χ0) is 9.52. The minimum absolute atomic E-state index is 0.0844. The second-order valence-electron chi connectivity index (χ2n) is 3.10. The van der Waals surface area contributed by atoms with E-state index >= 15 is 0 Å². The smallest absolute Gasteiger partial charge is 0.0626 e. The minimum atomic E-state index is 0.0844. The molecular weight excluding hydrogens is 162 g/mol. The molecule has 0 heterocycles. The fourth-order valence-electron chi connectivity index (χ4n) is 1.29. The van der Waals surface area contributed by atoms with Gasteiger partial charge in [-0.3, -0.25) is 0 Å². The number of hydrogen-bond acceptors (Lipinski definition) is 2. The quantitative estimate of drug-likeness (QED) is 0.721. The van der Waals surface area contributed by atoms with Crippen molar-refractivity contribution in [1.82, 2.24) is 5.32 Å². The number of benzene rings is 1. The Morgan fingerprint density at radius 1 is 1.31 bits per heavy atom. The summed E-state index contributed by atoms with van der Waals surface area (Å²) in [5.41, 5.74) is 1.15. The SMILES string of the molecule is CCCNC(CO)c1ccccc1. The van der Waals surface area contributed by atoms with Gasteiger partial charge in [-0.1, -0.05) is 37.3 Å². The van der Waals surface area contributed by atoms with Crippen molar-refractivity contribution in [3.63, 3.8) is 0 Å². The first-order chi connectivity index (χ1) is 6.38. The predicted octanol–water partition coefficient (Wildman–Crippen LogP) is 1.72. The minimum Gasteiger partial charge on any atom is -0.394 e. The lowest BCUT2D eigenvalue weighted by molar-refractivity contribution is 0.245. The van der Waals surface area contributed by atoms with E-state index in [1.165, 1.54) is 0 Å². The summed E-state index contributed by atoms with van der Waals surface area (Å²) in [6, 6.07) is 10.1. The van der Waals surface area contributed by atoms with Crippen molar-refractivity contribution in [3.8, 4) is 0 Å². The third kappa shape index (κ3) is 3.17. The molecule has 1 aromatic carbocycles. The van der Waals surface area contributed by atoms with Gasteiger partial charge in [-0.15, -0.1) is 0 Å². The summed E-state index contributed by atoms with van der Waals surface area (Å²) in [7, 11) is 0. The zero-order valence-corrected chi connectivity index (χ0v) is 8.03. The van der Waals surface area contributed by atoms with E-state index in [0.717, 1.165) is 18.5 Å². The van der Waals surface area contributed by atoms with Crippen molar-refractivity contribution >= 4 is 0 Å². The van der Waals surface area contributed by atoms with Crippen molar-refractivity contribution < 1.29 is 5.11 Å². The first-order valence-electron chi connectivity index (χ1n) is 4.77. The highest BCUT2D eigenvalue weighted by atomic mass is 16.3. The van der Waals surface area contributed by atoms with Crippen molar-refractivity contribution in [1.29, 1.82) is 0 Å². The molecule has 0 spiro atoms. The van der Waals surface area contributed by atoms with Gasteiger partial charge in [0.1, 0.15) is 0 Å². The summed E-state index contributed by atoms with van der Waals surface area (Å²) in [5, 5.41) is 12.4. The van der Waals surface area contributed by atoms with Gasteiger partial charge < -0.3 is 10.4 Å². The topological polar surface area (TPSA) is 32.3 Å². The van der Waals surface area contributed by atoms with E-state index in [0.29, 0.717) is 0 Å². The molecule has 1 aromatic rings. The highest BCUT2D eigenvalue weighted by Crippen LogP contribution is 2.10. The van der Waals surface area contributed by atoms with Crippen LogP contribution in [0.4, 0.5) is 0 Å². The molecule has 0 saturated carbocycles. The van der Waals surface area contributed by atoms with E-state index in [1.807, 2.05) is 30.3 Å². The first kappa shape index (κ1) is 10.2. The molecular formula is C11H17NO. The molecule has 72 valence electrons. The number of nitrogens with one attached hydrogen (secondary N) is 1. The van der Waals surface area contributed by atoms with Crippen LogP contribution in [0.1, 0.15) is 24.9 Å². The Hall–Kier alpha value is -0.860. The van der Waals surface area contributed by atoms with Crippen molar-refractivity contribution in [2.24, 2.45) is 0 Å². The average Bonchev–Trinajstić information content (AvgIpc) is 2.21. The van der Waals surface area contributed by atoms with Crippen LogP contribution in [-0.4, -0.2) is 18.3 Å². The molecule has 0 aliphatic rings. The molecule has 2 N–H and O–H groups in total. The van der Waals surface area contributed by atoms with Crippen LogP contribution >= 0.6 is 0 Å². The van der Waals surface area contributed by atoms with Crippen LogP contribution in [0.5, 0.6) is 0 Å². The molecule has 0 saturated heterocycles. The van der Waals surface area contributed by atoms with Crippen LogP contribution < -0.4 is 5.32 Å². The molecule has 1 unspecified atom stereocenters. The Bertz CT molecular complexity index is 223. The molecule has 0 aliphatic heterocycles. The summed E-state index contributed by atoms with van der Waals surface area (Å²) in [6.45, 7) is 3.22. The Balaban J connectivity index is 2.56. The highest BCUT2D eigenvalue weighted by molar-refractivity contribution is 5.18. The largest absolute Gasteiger partial charge is 0.394 e. The molecule has 2 heteroatoms. The fourth-order valence-corrected chi connectivity index (χ4v) is 1.29. The van der Waals surface area contributed by atoms with Gasteiger partial charge in [0.25, 0.3) is 0 Å². The van der Waals surface area contributed by atoms with Crippen LogP contribution in [0.15, 0.2) is 30.3 Å². The molecule has 0 radical (unpaired) electrons. The van der Waals surface area contributed by atoms with Gasteiger partial charge in [0.2, 0.25) is 0 Å². The summed E-state index contributed by atoms with van der Waals surface area (Å²) in [5.74, 6) is 0. The van der Waals surface area contributed by atoms with E-state index in [1.54, 1.807) is 0 Å². The van der Waals surface area contributed by atoms with Gasteiger partial charge in [-0.05, 0) is 18.5 Å². The third-order valence-corrected chi connectivity index (χ3v) is 2.03. The van der Waals surface area contributed by atoms with Crippen LogP contribution in [0.25, 0.3) is 0 Å². The predicted molar refractivity (Wildman–Crippen MR) is 54.6 cm³/mol. The number of hydrogen-bond donors (Lipinski definition) is 2. The van der Waals surface area contributed by atoms with Gasteiger partial charge >= 0.3 is 0 Å². The van der Waals surface area contributed by atoms with E-state index in [2.05, 4.69) is 12.2 Å². The number of rotatable bonds is 5. The third-order valence-electron chi connectivity index (χ3n) is 2.03. The van der Waals surface area contributed by atoms with Crippen molar-refractivity contribution in [3.05, 3.63) is 35.9 Å². The number of aliphatic hydroxyl groups is 1. The number of aliphatic hydroxyl groups excluding tert-OH is 1. The van der Waals surface area contributed by atoms with Gasteiger partial charge in [0, 0.05) is 0 Å². The molecule has 0 aliphatic carbocycles. The Labute approximate surface area is 79.6 Å². The van der Waals surface area contributed by atoms with Gasteiger partial charge in [-0.2, -0.15) is 0 Å². The Morgan fingerprint density at radius 3 is 2.54 bits per heavy atom. The van der Waals surface area contributed by atoms with E-state index in [9.17, 15) is 0 Å². The van der Waals surface area contributed by atoms with Crippen LogP contribution in [0.3, 0.4) is 0 Å². The lowest BCUT2D eigenvalue weighted by Crippen LogP contribution is -2.24. The molecule has 1 rings (SSSR count). The second kappa shape index (κ2) is 5.73. The van der Waals surface area contributed by atoms with E-state index in [4.69, 9.17) is 5.11 Å². The second-order valence-corrected chi connectivity index (χ2v) is 3.10. The molecule has 0 fully saturated rings. The zero-order valence-electron chi connectivity index (χ0n) is 8.03. The Kier molecular flexibility index (Phi) is 4.50. The van der Waals surface area contributed by atoms with Crippen LogP contribution in [0.2, 0.25) is 0 Å². The summed E-state index contributed by atoms with van der Waals surface area (Å²) < 4.78 is 0. The molecule has 1 atom stereocenters. The monoisotopic (exact) mass is 179 g/mol. The lowest BCUT2D eigenvalue weighted by atomic mass is 10.1. The van der Waals surface area contributed by atoms with Crippen molar-refractivity contribution in [2.45, 2.75) is 19.4 Å². The van der Waals surface area contributed by atoms with Crippen LogP contribution in [-0.2, 0) is 0 Å². The maximum Gasteiger partial charge on any atom is 0.0626 e. The maximum absolute atomic E-state index is 9.14. The van der Waals surface area contributed by atoms with Gasteiger partial charge in [0.05, 0.1) is 12.6 Å². The highest BCUT2D eigenvalue weighted by Gasteiger charge is 2.06. The molecule has 0 bridgehead atoms. The standard InChI is InChI=1S/C11H17NO/c1-2-8-12-11(9-13)10-6-4-3-5-7-10/h3-7,11-13H,2,8-9H2,1H3. The summed E-state index contributed by atoms with van der Waals surface area (Å²) in [6.07, 6.45) is 1.09. The molecule has 2 nitrogen and oxygen atoms in total. The van der Waals surface area contributed by atoms with E-state index in [-0.39, 0.29) is 12.6 Å². The first-order valence-corrected chi connectivity index (χ1v) is 4.77. The summed E-state index contributed by atoms with van der Waals surface area (Å²) >= 11 is 0. The van der Waals surface area contributed by atoms with Gasteiger partial charge in [-0.25, -0.2) is 0 Å².